The Hall–Kier alpha value is -2.65. The first kappa shape index (κ1) is 20.7. The van der Waals surface area contributed by atoms with E-state index in [1.54, 1.807) is 42.9 Å². The first-order valence-electron chi connectivity index (χ1n) is 8.20. The smallest absolute Gasteiger partial charge is 0.355 e. The van der Waals surface area contributed by atoms with Crippen LogP contribution in [-0.4, -0.2) is 49.4 Å². The molecule has 1 aromatic heterocycles. The van der Waals surface area contributed by atoms with Crippen molar-refractivity contribution in [1.82, 2.24) is 8.87 Å². The van der Waals surface area contributed by atoms with E-state index in [-0.39, 0.29) is 4.90 Å². The Balaban J connectivity index is 2.15. The summed E-state index contributed by atoms with van der Waals surface area (Å²) in [5.41, 5.74) is 1.34. The Bertz CT molecular complexity index is 963. The summed E-state index contributed by atoms with van der Waals surface area (Å²) in [6, 6.07) is 7.74. The van der Waals surface area contributed by atoms with Gasteiger partial charge in [-0.1, -0.05) is 6.07 Å². The number of anilines is 1. The van der Waals surface area contributed by atoms with Gasteiger partial charge in [0, 0.05) is 33.0 Å². The molecule has 0 aliphatic rings. The largest absolute Gasteiger partial charge is 0.448 e. The number of hydrogen-bond donors (Lipinski definition) is 1. The van der Waals surface area contributed by atoms with Gasteiger partial charge in [0.15, 0.2) is 6.10 Å². The highest BCUT2D eigenvalue weighted by Crippen LogP contribution is 2.22. The summed E-state index contributed by atoms with van der Waals surface area (Å²) in [5, 5.41) is 2.62. The van der Waals surface area contributed by atoms with Gasteiger partial charge in [-0.25, -0.2) is 17.5 Å². The van der Waals surface area contributed by atoms with Crippen molar-refractivity contribution in [2.75, 3.05) is 19.4 Å². The molecule has 1 unspecified atom stereocenters. The standard InChI is InChI=1S/C18H23N3O5S/c1-12-8-9-14(27(24,25)20(3)4)11-15(12)19-17(22)13(2)26-18(23)16-7-6-10-21(16)5/h6-11,13H,1-5H3,(H,19,22). The Kier molecular flexibility index (Phi) is 6.07. The van der Waals surface area contributed by atoms with Gasteiger partial charge in [0.25, 0.3) is 5.91 Å². The van der Waals surface area contributed by atoms with Crippen molar-refractivity contribution >= 4 is 27.6 Å². The van der Waals surface area contributed by atoms with E-state index in [0.29, 0.717) is 16.9 Å². The van der Waals surface area contributed by atoms with E-state index < -0.39 is 28.0 Å². The quantitative estimate of drug-likeness (QED) is 0.755. The number of nitrogens with one attached hydrogen (secondary N) is 1. The fourth-order valence-corrected chi connectivity index (χ4v) is 3.22. The Morgan fingerprint density at radius 1 is 1.22 bits per heavy atom. The van der Waals surface area contributed by atoms with Crippen LogP contribution in [0.25, 0.3) is 0 Å². The van der Waals surface area contributed by atoms with Crippen molar-refractivity contribution in [3.05, 3.63) is 47.8 Å². The molecule has 0 fully saturated rings. The Labute approximate surface area is 158 Å². The van der Waals surface area contributed by atoms with Gasteiger partial charge in [-0.05, 0) is 43.7 Å². The van der Waals surface area contributed by atoms with E-state index in [9.17, 15) is 18.0 Å². The Morgan fingerprint density at radius 2 is 1.89 bits per heavy atom. The summed E-state index contributed by atoms with van der Waals surface area (Å²) in [5.74, 6) is -1.18. The minimum atomic E-state index is -3.63. The van der Waals surface area contributed by atoms with Crippen LogP contribution in [-0.2, 0) is 26.6 Å². The van der Waals surface area contributed by atoms with Crippen molar-refractivity contribution in [2.45, 2.75) is 24.8 Å². The fraction of sp³-hybridized carbons (Fsp3) is 0.333. The van der Waals surface area contributed by atoms with Crippen molar-refractivity contribution in [3.63, 3.8) is 0 Å². The maximum Gasteiger partial charge on any atom is 0.355 e. The maximum absolute atomic E-state index is 12.4. The summed E-state index contributed by atoms with van der Waals surface area (Å²) in [6.07, 6.45) is 0.641. The van der Waals surface area contributed by atoms with Crippen LogP contribution in [0.4, 0.5) is 5.69 Å². The molecule has 0 bridgehead atoms. The van der Waals surface area contributed by atoms with Crippen LogP contribution in [0.3, 0.4) is 0 Å². The Morgan fingerprint density at radius 3 is 2.44 bits per heavy atom. The lowest BCUT2D eigenvalue weighted by Gasteiger charge is -2.17. The minimum absolute atomic E-state index is 0.0573. The summed E-state index contributed by atoms with van der Waals surface area (Å²) in [4.78, 5) is 24.6. The molecular formula is C18H23N3O5S. The maximum atomic E-state index is 12.4. The van der Waals surface area contributed by atoms with Crippen molar-refractivity contribution in [2.24, 2.45) is 7.05 Å². The number of amides is 1. The second-order valence-corrected chi connectivity index (χ2v) is 8.46. The first-order valence-corrected chi connectivity index (χ1v) is 9.64. The molecule has 2 rings (SSSR count). The molecule has 146 valence electrons. The number of carbonyl (C=O) groups is 2. The number of aromatic nitrogens is 1. The van der Waals surface area contributed by atoms with E-state index in [1.165, 1.54) is 33.2 Å². The molecule has 1 aromatic carbocycles. The van der Waals surface area contributed by atoms with Gasteiger partial charge < -0.3 is 14.6 Å². The number of nitrogens with zero attached hydrogens (tertiary/aromatic N) is 2. The third-order valence-corrected chi connectivity index (χ3v) is 5.86. The van der Waals surface area contributed by atoms with Gasteiger partial charge >= 0.3 is 5.97 Å². The molecule has 9 heteroatoms. The van der Waals surface area contributed by atoms with Crippen LogP contribution in [0.1, 0.15) is 23.0 Å². The second kappa shape index (κ2) is 7.93. The van der Waals surface area contributed by atoms with Crippen molar-refractivity contribution < 1.29 is 22.7 Å². The summed E-state index contributed by atoms with van der Waals surface area (Å²) < 4.78 is 32.4. The van der Waals surface area contributed by atoms with E-state index >= 15 is 0 Å². The van der Waals surface area contributed by atoms with Crippen LogP contribution in [0.2, 0.25) is 0 Å². The molecule has 0 aliphatic heterocycles. The van der Waals surface area contributed by atoms with Crippen LogP contribution >= 0.6 is 0 Å². The molecule has 0 saturated heterocycles. The lowest BCUT2D eigenvalue weighted by molar-refractivity contribution is -0.123. The number of benzene rings is 1. The zero-order valence-corrected chi connectivity index (χ0v) is 16.7. The highest BCUT2D eigenvalue weighted by Gasteiger charge is 2.22. The molecule has 0 aliphatic carbocycles. The number of carbonyl (C=O) groups excluding carboxylic acids is 2. The molecular weight excluding hydrogens is 370 g/mol. The molecule has 1 amide bonds. The van der Waals surface area contributed by atoms with Crippen LogP contribution in [0.5, 0.6) is 0 Å². The number of sulfonamides is 1. The molecule has 1 heterocycles. The van der Waals surface area contributed by atoms with Gasteiger partial charge in [0.1, 0.15) is 5.69 Å². The molecule has 27 heavy (non-hydrogen) atoms. The lowest BCUT2D eigenvalue weighted by atomic mass is 10.2. The highest BCUT2D eigenvalue weighted by atomic mass is 32.2. The van der Waals surface area contributed by atoms with Crippen LogP contribution in [0.15, 0.2) is 41.4 Å². The van der Waals surface area contributed by atoms with Crippen molar-refractivity contribution in [1.29, 1.82) is 0 Å². The van der Waals surface area contributed by atoms with Gasteiger partial charge in [-0.15, -0.1) is 0 Å². The SMILES string of the molecule is Cc1ccc(S(=O)(=O)N(C)C)cc1NC(=O)C(C)OC(=O)c1cccn1C. The van der Waals surface area contributed by atoms with Gasteiger partial charge in [0.2, 0.25) is 10.0 Å². The third kappa shape index (κ3) is 4.55. The van der Waals surface area contributed by atoms with E-state index in [4.69, 9.17) is 4.74 Å². The highest BCUT2D eigenvalue weighted by molar-refractivity contribution is 7.89. The number of esters is 1. The predicted octanol–water partition coefficient (Wildman–Crippen LogP) is 1.77. The summed E-state index contributed by atoms with van der Waals surface area (Å²) in [7, 11) is 0.922. The monoisotopic (exact) mass is 393 g/mol. The number of aryl methyl sites for hydroxylation is 2. The number of hydrogen-bond acceptors (Lipinski definition) is 5. The fourth-order valence-electron chi connectivity index (χ4n) is 2.29. The molecule has 1 N–H and O–H groups in total. The van der Waals surface area contributed by atoms with E-state index in [0.717, 1.165) is 4.31 Å². The average Bonchev–Trinajstić information content (AvgIpc) is 3.02. The lowest BCUT2D eigenvalue weighted by Crippen LogP contribution is -2.31. The predicted molar refractivity (Wildman–Crippen MR) is 101 cm³/mol. The zero-order chi connectivity index (χ0) is 20.4. The van der Waals surface area contributed by atoms with Crippen molar-refractivity contribution in [3.8, 4) is 0 Å². The third-order valence-electron chi connectivity index (χ3n) is 4.05. The van der Waals surface area contributed by atoms with Gasteiger partial charge in [-0.3, -0.25) is 4.79 Å². The summed E-state index contributed by atoms with van der Waals surface area (Å²) >= 11 is 0. The van der Waals surface area contributed by atoms with E-state index in [1.807, 2.05) is 0 Å². The number of rotatable bonds is 6. The zero-order valence-electron chi connectivity index (χ0n) is 15.9. The average molecular weight is 393 g/mol. The second-order valence-electron chi connectivity index (χ2n) is 6.31. The topological polar surface area (TPSA) is 97.7 Å². The van der Waals surface area contributed by atoms with Crippen LogP contribution in [0, 0.1) is 6.92 Å². The minimum Gasteiger partial charge on any atom is -0.448 e. The van der Waals surface area contributed by atoms with E-state index in [2.05, 4.69) is 5.32 Å². The molecule has 1 atom stereocenters. The molecule has 0 radical (unpaired) electrons. The molecule has 0 spiro atoms. The van der Waals surface area contributed by atoms with Gasteiger partial charge in [-0.2, -0.15) is 0 Å². The first-order chi connectivity index (χ1) is 12.5. The normalized spacial score (nSPS) is 12.7. The summed E-state index contributed by atoms with van der Waals surface area (Å²) in [6.45, 7) is 3.19. The molecule has 8 nitrogen and oxygen atoms in total. The molecule has 2 aromatic rings. The van der Waals surface area contributed by atoms with Crippen LogP contribution < -0.4 is 5.32 Å². The molecule has 0 saturated carbocycles. The van der Waals surface area contributed by atoms with Gasteiger partial charge in [0.05, 0.1) is 4.90 Å². The number of ether oxygens (including phenoxy) is 1.